The first-order chi connectivity index (χ1) is 18.6. The minimum atomic E-state index is -0.906. The molecule has 2 aromatic rings. The minimum Gasteiger partial charge on any atom is -0.460 e. The summed E-state index contributed by atoms with van der Waals surface area (Å²) in [5.41, 5.74) is 0.881. The molecule has 2 aromatic carbocycles. The van der Waals surface area contributed by atoms with Crippen molar-refractivity contribution in [1.82, 2.24) is 16.0 Å². The van der Waals surface area contributed by atoms with Gasteiger partial charge in [-0.2, -0.15) is 0 Å². The summed E-state index contributed by atoms with van der Waals surface area (Å²) >= 11 is 0. The molecule has 0 bridgehead atoms. The molecule has 0 spiro atoms. The lowest BCUT2D eigenvalue weighted by Crippen LogP contribution is -2.55. The van der Waals surface area contributed by atoms with Crippen LogP contribution in [0.25, 0.3) is 10.8 Å². The average molecular weight is 538 g/mol. The van der Waals surface area contributed by atoms with Gasteiger partial charge >= 0.3 is 5.97 Å². The molecule has 0 radical (unpaired) electrons. The third-order valence-electron chi connectivity index (χ3n) is 7.27. The van der Waals surface area contributed by atoms with E-state index in [0.29, 0.717) is 6.42 Å². The first kappa shape index (κ1) is 30.1. The van der Waals surface area contributed by atoms with Crippen LogP contribution in [0.3, 0.4) is 0 Å². The molecule has 8 nitrogen and oxygen atoms in total. The molecule has 3 rings (SSSR count). The first-order valence-corrected chi connectivity index (χ1v) is 14.2. The predicted octanol–water partition coefficient (Wildman–Crippen LogP) is 4.04. The second kappa shape index (κ2) is 14.1. The zero-order chi connectivity index (χ0) is 28.5. The third kappa shape index (κ3) is 8.80. The maximum absolute atomic E-state index is 13.4. The van der Waals surface area contributed by atoms with E-state index in [0.717, 1.165) is 35.6 Å². The van der Waals surface area contributed by atoms with Gasteiger partial charge in [0, 0.05) is 6.42 Å². The Hall–Kier alpha value is -3.42. The van der Waals surface area contributed by atoms with Gasteiger partial charge in [-0.25, -0.2) is 4.79 Å². The number of rotatable bonds is 8. The van der Waals surface area contributed by atoms with Crippen molar-refractivity contribution in [3.05, 3.63) is 48.0 Å². The lowest BCUT2D eigenvalue weighted by atomic mass is 9.94. The molecule has 212 valence electrons. The normalized spacial score (nSPS) is 24.1. The van der Waals surface area contributed by atoms with E-state index in [1.807, 2.05) is 63.2 Å². The van der Waals surface area contributed by atoms with E-state index < -0.39 is 42.0 Å². The van der Waals surface area contributed by atoms with E-state index in [9.17, 15) is 19.2 Å². The number of carbonyl (C=O) groups is 4. The van der Waals surface area contributed by atoms with Crippen molar-refractivity contribution in [2.45, 2.75) is 97.4 Å². The first-order valence-electron chi connectivity index (χ1n) is 14.2. The predicted molar refractivity (Wildman–Crippen MR) is 152 cm³/mol. The second-order valence-electron chi connectivity index (χ2n) is 11.2. The number of fused-ring (bicyclic) bond motifs is 1. The molecule has 1 fully saturated rings. The number of ether oxygens (including phenoxy) is 1. The Bertz CT molecular complexity index is 1160. The van der Waals surface area contributed by atoms with E-state index in [-0.39, 0.29) is 30.6 Å². The van der Waals surface area contributed by atoms with Gasteiger partial charge in [0.2, 0.25) is 17.7 Å². The molecule has 3 amide bonds. The summed E-state index contributed by atoms with van der Waals surface area (Å²) in [6.45, 7) is 9.53. The van der Waals surface area contributed by atoms with Crippen molar-refractivity contribution in [1.29, 1.82) is 0 Å². The van der Waals surface area contributed by atoms with Crippen LogP contribution in [0.15, 0.2) is 42.5 Å². The molecule has 0 aliphatic carbocycles. The fourth-order valence-electron chi connectivity index (χ4n) is 4.91. The highest BCUT2D eigenvalue weighted by Gasteiger charge is 2.33. The summed E-state index contributed by atoms with van der Waals surface area (Å²) in [7, 11) is 0. The molecular weight excluding hydrogens is 494 g/mol. The molecule has 1 heterocycles. The quantitative estimate of drug-likeness (QED) is 0.440. The molecule has 0 aromatic heterocycles. The zero-order valence-corrected chi connectivity index (χ0v) is 23.8. The van der Waals surface area contributed by atoms with E-state index in [1.54, 1.807) is 6.92 Å². The summed E-state index contributed by atoms with van der Waals surface area (Å²) in [5, 5.41) is 10.5. The summed E-state index contributed by atoms with van der Waals surface area (Å²) in [6.07, 6.45) is 2.62. The molecular formula is C31H43N3O5. The minimum absolute atomic E-state index is 0.0595. The summed E-state index contributed by atoms with van der Waals surface area (Å²) in [6, 6.07) is 11.2. The molecule has 0 unspecified atom stereocenters. The highest BCUT2D eigenvalue weighted by Crippen LogP contribution is 2.21. The molecule has 1 aliphatic heterocycles. The van der Waals surface area contributed by atoms with Crippen molar-refractivity contribution in [3.8, 4) is 0 Å². The monoisotopic (exact) mass is 537 g/mol. The van der Waals surface area contributed by atoms with Crippen LogP contribution in [0.1, 0.15) is 72.3 Å². The number of hydrogen-bond acceptors (Lipinski definition) is 5. The van der Waals surface area contributed by atoms with Gasteiger partial charge in [0.05, 0.1) is 6.42 Å². The number of esters is 1. The van der Waals surface area contributed by atoms with Gasteiger partial charge in [-0.3, -0.25) is 14.4 Å². The Kier molecular flexibility index (Phi) is 10.9. The molecule has 1 aliphatic rings. The van der Waals surface area contributed by atoms with Crippen LogP contribution in [0.2, 0.25) is 0 Å². The lowest BCUT2D eigenvalue weighted by Gasteiger charge is -2.27. The van der Waals surface area contributed by atoms with E-state index in [2.05, 4.69) is 22.9 Å². The zero-order valence-electron chi connectivity index (χ0n) is 23.8. The molecule has 8 heteroatoms. The van der Waals surface area contributed by atoms with Crippen LogP contribution in [0.4, 0.5) is 0 Å². The summed E-state index contributed by atoms with van der Waals surface area (Å²) in [5.74, 6) is -1.80. The van der Waals surface area contributed by atoms with Gasteiger partial charge in [0.15, 0.2) is 0 Å². The fraction of sp³-hybridized carbons (Fsp3) is 0.548. The smallest absolute Gasteiger partial charge is 0.328 e. The number of cyclic esters (lactones) is 1. The number of carbonyl (C=O) groups excluding carboxylic acids is 4. The Morgan fingerprint density at radius 1 is 0.897 bits per heavy atom. The number of unbranched alkanes of at least 4 members (excludes halogenated alkanes) is 1. The summed E-state index contributed by atoms with van der Waals surface area (Å²) in [4.78, 5) is 52.9. The van der Waals surface area contributed by atoms with Crippen molar-refractivity contribution in [2.24, 2.45) is 11.8 Å². The van der Waals surface area contributed by atoms with Gasteiger partial charge in [0.1, 0.15) is 24.2 Å². The third-order valence-corrected chi connectivity index (χ3v) is 7.27. The SMILES string of the molecule is CCCC[C@H](C)[C@@H]1CC(=O)N[C@@H](Cc2ccc3ccccc3c2)C(=O)N[C@@H](C)C(=O)N[C@H](CC(C)C)C(=O)O1. The van der Waals surface area contributed by atoms with Gasteiger partial charge < -0.3 is 20.7 Å². The van der Waals surface area contributed by atoms with Crippen LogP contribution in [-0.4, -0.2) is 47.9 Å². The van der Waals surface area contributed by atoms with Crippen molar-refractivity contribution < 1.29 is 23.9 Å². The number of hydrogen-bond donors (Lipinski definition) is 3. The highest BCUT2D eigenvalue weighted by molar-refractivity contribution is 5.94. The lowest BCUT2D eigenvalue weighted by molar-refractivity contribution is -0.157. The van der Waals surface area contributed by atoms with Crippen molar-refractivity contribution in [3.63, 3.8) is 0 Å². The Morgan fingerprint density at radius 2 is 1.62 bits per heavy atom. The molecule has 39 heavy (non-hydrogen) atoms. The van der Waals surface area contributed by atoms with Crippen LogP contribution in [0.5, 0.6) is 0 Å². The van der Waals surface area contributed by atoms with E-state index >= 15 is 0 Å². The largest absolute Gasteiger partial charge is 0.460 e. The van der Waals surface area contributed by atoms with Gasteiger partial charge in [-0.15, -0.1) is 0 Å². The molecule has 5 atom stereocenters. The van der Waals surface area contributed by atoms with Crippen molar-refractivity contribution >= 4 is 34.5 Å². The average Bonchev–Trinajstić information content (AvgIpc) is 2.89. The number of nitrogens with one attached hydrogen (secondary N) is 3. The van der Waals surface area contributed by atoms with Crippen molar-refractivity contribution in [2.75, 3.05) is 0 Å². The Morgan fingerprint density at radius 3 is 2.31 bits per heavy atom. The summed E-state index contributed by atoms with van der Waals surface area (Å²) < 4.78 is 5.90. The maximum Gasteiger partial charge on any atom is 0.328 e. The van der Waals surface area contributed by atoms with Gasteiger partial charge in [0.25, 0.3) is 0 Å². The number of amides is 3. The maximum atomic E-state index is 13.4. The molecule has 0 saturated carbocycles. The second-order valence-corrected chi connectivity index (χ2v) is 11.2. The number of benzene rings is 2. The van der Waals surface area contributed by atoms with Gasteiger partial charge in [-0.05, 0) is 47.9 Å². The highest BCUT2D eigenvalue weighted by atomic mass is 16.5. The van der Waals surface area contributed by atoms with Crippen LogP contribution in [0, 0.1) is 11.8 Å². The standard InChI is InChI=1S/C31H43N3O5/c1-6-7-10-20(4)27-18-28(35)33-25(17-22-13-14-23-11-8-9-12-24(23)16-22)30(37)32-21(5)29(36)34-26(15-19(2)3)31(38)39-27/h8-9,11-14,16,19-21,25-27H,6-7,10,15,17-18H2,1-5H3,(H,32,37)(H,33,35)(H,34,36)/t20-,21-,25-,26+,27-/m0/s1. The molecule has 3 N–H and O–H groups in total. The van der Waals surface area contributed by atoms with Crippen LogP contribution < -0.4 is 16.0 Å². The van der Waals surface area contributed by atoms with Crippen LogP contribution in [-0.2, 0) is 30.3 Å². The Balaban J connectivity index is 1.90. The van der Waals surface area contributed by atoms with Crippen LogP contribution >= 0.6 is 0 Å². The van der Waals surface area contributed by atoms with E-state index in [4.69, 9.17) is 4.74 Å². The van der Waals surface area contributed by atoms with Gasteiger partial charge in [-0.1, -0.05) is 83.0 Å². The Labute approximate surface area is 231 Å². The van der Waals surface area contributed by atoms with E-state index in [1.165, 1.54) is 0 Å². The molecule has 1 saturated heterocycles. The topological polar surface area (TPSA) is 114 Å². The fourth-order valence-corrected chi connectivity index (χ4v) is 4.91.